The summed E-state index contributed by atoms with van der Waals surface area (Å²) in [6, 6.07) is 11.3. The van der Waals surface area contributed by atoms with Gasteiger partial charge >= 0.3 is 0 Å². The van der Waals surface area contributed by atoms with Crippen molar-refractivity contribution in [3.8, 4) is 11.1 Å². The van der Waals surface area contributed by atoms with Crippen LogP contribution < -0.4 is 5.56 Å². The third-order valence-corrected chi connectivity index (χ3v) is 5.91. The van der Waals surface area contributed by atoms with Crippen LogP contribution in [-0.2, 0) is 6.54 Å². The third-order valence-electron chi connectivity index (χ3n) is 5.91. The van der Waals surface area contributed by atoms with E-state index in [0.717, 1.165) is 25.1 Å². The molecule has 150 valence electrons. The largest absolute Gasteiger partial charge is 0.345 e. The second-order valence-corrected chi connectivity index (χ2v) is 8.87. The fraction of sp³-hybridized carbons (Fsp3) is 0.478. The van der Waals surface area contributed by atoms with Gasteiger partial charge in [-0.2, -0.15) is 0 Å². The van der Waals surface area contributed by atoms with E-state index in [1.54, 1.807) is 35.8 Å². The summed E-state index contributed by atoms with van der Waals surface area (Å²) in [5.74, 6) is 0.307. The first kappa shape index (κ1) is 20.3. The summed E-state index contributed by atoms with van der Waals surface area (Å²) in [6.07, 6.45) is 2.81. The minimum atomic E-state index is -0.0877. The summed E-state index contributed by atoms with van der Waals surface area (Å²) in [5.41, 5.74) is 2.22. The molecule has 2 aromatic rings. The van der Waals surface area contributed by atoms with Crippen LogP contribution in [0.3, 0.4) is 0 Å². The molecule has 1 fully saturated rings. The zero-order valence-corrected chi connectivity index (χ0v) is 17.6. The van der Waals surface area contributed by atoms with Gasteiger partial charge in [-0.05, 0) is 36.9 Å². The van der Waals surface area contributed by atoms with E-state index in [1.807, 2.05) is 30.3 Å². The normalized spacial score (nSPS) is 19.4. The van der Waals surface area contributed by atoms with E-state index in [4.69, 9.17) is 0 Å². The Morgan fingerprint density at radius 1 is 1.21 bits per heavy atom. The minimum absolute atomic E-state index is 0.0520. The minimum Gasteiger partial charge on any atom is -0.345 e. The molecule has 1 aliphatic rings. The Labute approximate surface area is 167 Å². The first-order valence-corrected chi connectivity index (χ1v) is 9.89. The van der Waals surface area contributed by atoms with Gasteiger partial charge in [-0.3, -0.25) is 9.59 Å². The first-order valence-electron chi connectivity index (χ1n) is 9.89. The maximum Gasteiger partial charge on any atom is 0.255 e. The molecule has 1 aromatic carbocycles. The average molecular weight is 382 g/mol. The van der Waals surface area contributed by atoms with Crippen molar-refractivity contribution in [2.75, 3.05) is 34.2 Å². The van der Waals surface area contributed by atoms with Gasteiger partial charge in [0.2, 0.25) is 0 Å². The van der Waals surface area contributed by atoms with Gasteiger partial charge in [-0.15, -0.1) is 0 Å². The van der Waals surface area contributed by atoms with Crippen molar-refractivity contribution in [2.24, 2.45) is 11.3 Å². The zero-order valence-electron chi connectivity index (χ0n) is 17.6. The summed E-state index contributed by atoms with van der Waals surface area (Å²) < 4.78 is 1.74. The molecule has 0 saturated carbocycles. The smallest absolute Gasteiger partial charge is 0.255 e. The maximum atomic E-state index is 12.9. The van der Waals surface area contributed by atoms with Crippen molar-refractivity contribution < 1.29 is 4.79 Å². The molecule has 1 atom stereocenters. The Morgan fingerprint density at radius 2 is 1.89 bits per heavy atom. The highest BCUT2D eigenvalue weighted by Gasteiger charge is 2.35. The van der Waals surface area contributed by atoms with Crippen LogP contribution in [0, 0.1) is 11.3 Å². The van der Waals surface area contributed by atoms with Gasteiger partial charge < -0.3 is 14.4 Å². The lowest BCUT2D eigenvalue weighted by Gasteiger charge is -2.43. The van der Waals surface area contributed by atoms with E-state index >= 15 is 0 Å². The Balaban J connectivity index is 2.03. The second-order valence-electron chi connectivity index (χ2n) is 8.87. The molecule has 1 aliphatic heterocycles. The molecule has 5 nitrogen and oxygen atoms in total. The quantitative estimate of drug-likeness (QED) is 0.817. The molecule has 0 aliphatic carbocycles. The number of benzene rings is 1. The van der Waals surface area contributed by atoms with E-state index < -0.39 is 0 Å². The van der Waals surface area contributed by atoms with Crippen molar-refractivity contribution in [1.29, 1.82) is 0 Å². The monoisotopic (exact) mass is 381 g/mol. The number of amides is 1. The number of rotatable bonds is 4. The fourth-order valence-corrected chi connectivity index (χ4v) is 4.23. The predicted molar refractivity (Wildman–Crippen MR) is 114 cm³/mol. The molecule has 1 amide bonds. The molecule has 0 spiro atoms. The molecule has 1 saturated heterocycles. The van der Waals surface area contributed by atoms with Crippen LogP contribution in [0.25, 0.3) is 11.1 Å². The number of nitrogens with zero attached hydrogens (tertiary/aromatic N) is 3. The van der Waals surface area contributed by atoms with Crippen LogP contribution in [-0.4, -0.2) is 54.5 Å². The number of hydrogen-bond donors (Lipinski definition) is 0. The fourth-order valence-electron chi connectivity index (χ4n) is 4.23. The number of aromatic nitrogens is 1. The van der Waals surface area contributed by atoms with E-state index in [2.05, 4.69) is 25.8 Å². The van der Waals surface area contributed by atoms with Crippen molar-refractivity contribution in [3.63, 3.8) is 0 Å². The zero-order chi connectivity index (χ0) is 20.5. The maximum absolute atomic E-state index is 12.9. The van der Waals surface area contributed by atoms with Gasteiger partial charge in [0.15, 0.2) is 0 Å². The summed E-state index contributed by atoms with van der Waals surface area (Å²) in [5, 5.41) is 0. The highest BCUT2D eigenvalue weighted by Crippen LogP contribution is 2.35. The van der Waals surface area contributed by atoms with Crippen LogP contribution in [0.5, 0.6) is 0 Å². The first-order chi connectivity index (χ1) is 13.2. The number of carbonyl (C=O) groups excluding carboxylic acids is 1. The van der Waals surface area contributed by atoms with E-state index in [9.17, 15) is 9.59 Å². The second kappa shape index (κ2) is 7.92. The van der Waals surface area contributed by atoms with Crippen LogP contribution >= 0.6 is 0 Å². The average Bonchev–Trinajstić information content (AvgIpc) is 2.64. The molecule has 1 unspecified atom stereocenters. The standard InChI is InChI=1S/C23H31N3O2/c1-23(2)16-25(5)12-11-18(23)14-26-15-20(22(28)24(3)4)19(13-21(26)27)17-9-7-6-8-10-17/h6-10,13,15,18H,11-12,14,16H2,1-5H3. The lowest BCUT2D eigenvalue weighted by Crippen LogP contribution is -2.46. The number of carbonyl (C=O) groups is 1. The summed E-state index contributed by atoms with van der Waals surface area (Å²) in [7, 11) is 5.63. The van der Waals surface area contributed by atoms with E-state index in [1.165, 1.54) is 0 Å². The van der Waals surface area contributed by atoms with Gasteiger partial charge in [-0.1, -0.05) is 44.2 Å². The Hall–Kier alpha value is -2.40. The van der Waals surface area contributed by atoms with Gasteiger partial charge in [-0.25, -0.2) is 0 Å². The van der Waals surface area contributed by atoms with Gasteiger partial charge in [0, 0.05) is 45.0 Å². The summed E-state index contributed by atoms with van der Waals surface area (Å²) in [4.78, 5) is 29.7. The molecule has 5 heteroatoms. The molecule has 28 heavy (non-hydrogen) atoms. The van der Waals surface area contributed by atoms with Crippen molar-refractivity contribution >= 4 is 5.91 Å². The predicted octanol–water partition coefficient (Wildman–Crippen LogP) is 3.20. The van der Waals surface area contributed by atoms with Gasteiger partial charge in [0.25, 0.3) is 11.5 Å². The number of likely N-dealkylation sites (tertiary alicyclic amines) is 1. The molecule has 0 N–H and O–H groups in total. The lowest BCUT2D eigenvalue weighted by molar-refractivity contribution is 0.0603. The SMILES string of the molecule is CN1CCC(Cn2cc(C(=O)N(C)C)c(-c3ccccc3)cc2=O)C(C)(C)C1. The van der Waals surface area contributed by atoms with Gasteiger partial charge in [0.1, 0.15) is 0 Å². The molecule has 1 aromatic heterocycles. The van der Waals surface area contributed by atoms with Crippen LogP contribution in [0.2, 0.25) is 0 Å². The number of hydrogen-bond acceptors (Lipinski definition) is 3. The van der Waals surface area contributed by atoms with Crippen LogP contribution in [0.4, 0.5) is 0 Å². The van der Waals surface area contributed by atoms with Crippen molar-refractivity contribution in [3.05, 3.63) is 58.5 Å². The Bertz CT molecular complexity index is 900. The Morgan fingerprint density at radius 3 is 2.50 bits per heavy atom. The van der Waals surface area contributed by atoms with Gasteiger partial charge in [0.05, 0.1) is 5.56 Å². The number of piperidine rings is 1. The highest BCUT2D eigenvalue weighted by atomic mass is 16.2. The van der Waals surface area contributed by atoms with Crippen molar-refractivity contribution in [2.45, 2.75) is 26.8 Å². The molecule has 3 rings (SSSR count). The van der Waals surface area contributed by atoms with E-state index in [-0.39, 0.29) is 16.9 Å². The third kappa shape index (κ3) is 4.20. The summed E-state index contributed by atoms with van der Waals surface area (Å²) in [6.45, 7) is 7.22. The lowest BCUT2D eigenvalue weighted by atomic mass is 9.74. The van der Waals surface area contributed by atoms with Crippen LogP contribution in [0.1, 0.15) is 30.6 Å². The Kier molecular flexibility index (Phi) is 5.75. The van der Waals surface area contributed by atoms with Crippen LogP contribution in [0.15, 0.2) is 47.4 Å². The molecule has 0 bridgehead atoms. The molecular weight excluding hydrogens is 350 g/mol. The number of pyridine rings is 1. The highest BCUT2D eigenvalue weighted by molar-refractivity contribution is 6.00. The molecular formula is C23H31N3O2. The molecule has 0 radical (unpaired) electrons. The molecule has 2 heterocycles. The van der Waals surface area contributed by atoms with E-state index in [0.29, 0.717) is 23.6 Å². The summed E-state index contributed by atoms with van der Waals surface area (Å²) >= 11 is 0. The van der Waals surface area contributed by atoms with Crippen molar-refractivity contribution in [1.82, 2.24) is 14.4 Å². The topological polar surface area (TPSA) is 45.6 Å².